The van der Waals surface area contributed by atoms with Crippen molar-refractivity contribution in [3.05, 3.63) is 0 Å². The maximum Gasteiger partial charge on any atom is 0.392 e. The van der Waals surface area contributed by atoms with E-state index in [9.17, 15) is 18.0 Å². The molecule has 6 heteroatoms. The van der Waals surface area contributed by atoms with E-state index >= 15 is 0 Å². The molecule has 0 heterocycles. The number of carboxylic acid groups (broad SMARTS) is 1. The molecule has 3 nitrogen and oxygen atoms in total. The van der Waals surface area contributed by atoms with Gasteiger partial charge in [-0.15, -0.1) is 0 Å². The lowest BCUT2D eigenvalue weighted by Crippen LogP contribution is -2.42. The minimum Gasteiger partial charge on any atom is -0.481 e. The van der Waals surface area contributed by atoms with Gasteiger partial charge in [0.15, 0.2) is 0 Å². The second kappa shape index (κ2) is 6.33. The Hall–Kier alpha value is -0.780. The Kier molecular flexibility index (Phi) is 5.46. The van der Waals surface area contributed by atoms with Crippen LogP contribution >= 0.6 is 0 Å². The number of nitrogens with two attached hydrogens (primary N) is 1. The molecule has 1 saturated carbocycles. The highest BCUT2D eigenvalue weighted by atomic mass is 19.4. The van der Waals surface area contributed by atoms with Crippen molar-refractivity contribution in [3.63, 3.8) is 0 Å². The number of aliphatic carboxylic acids is 1. The Balaban J connectivity index is 3.01. The van der Waals surface area contributed by atoms with Gasteiger partial charge in [-0.3, -0.25) is 4.79 Å². The first-order chi connectivity index (χ1) is 9.18. The van der Waals surface area contributed by atoms with Crippen molar-refractivity contribution in [3.8, 4) is 0 Å². The highest BCUT2D eigenvalue weighted by Gasteiger charge is 2.54. The highest BCUT2D eigenvalue weighted by Crippen LogP contribution is 2.54. The Labute approximate surface area is 117 Å². The molecule has 4 atom stereocenters. The molecule has 0 spiro atoms. The van der Waals surface area contributed by atoms with E-state index in [1.54, 1.807) is 6.92 Å². The van der Waals surface area contributed by atoms with E-state index in [4.69, 9.17) is 10.8 Å². The van der Waals surface area contributed by atoms with Crippen LogP contribution in [0.4, 0.5) is 13.2 Å². The molecule has 0 amide bonds. The van der Waals surface area contributed by atoms with E-state index in [0.717, 1.165) is 6.42 Å². The first-order valence-corrected chi connectivity index (χ1v) is 7.16. The molecule has 118 valence electrons. The van der Waals surface area contributed by atoms with E-state index in [0.29, 0.717) is 12.8 Å². The second-order valence-corrected chi connectivity index (χ2v) is 6.08. The highest BCUT2D eigenvalue weighted by molar-refractivity contribution is 5.67. The number of hydrogen-bond acceptors (Lipinski definition) is 2. The Morgan fingerprint density at radius 1 is 1.30 bits per heavy atom. The zero-order valence-corrected chi connectivity index (χ0v) is 12.0. The summed E-state index contributed by atoms with van der Waals surface area (Å²) < 4.78 is 38.9. The molecular weight excluding hydrogens is 271 g/mol. The molecule has 0 aromatic heterocycles. The quantitative estimate of drug-likeness (QED) is 0.789. The molecule has 1 rings (SSSR count). The molecule has 0 saturated heterocycles. The summed E-state index contributed by atoms with van der Waals surface area (Å²) >= 11 is 0. The lowest BCUT2D eigenvalue weighted by atomic mass is 9.65. The van der Waals surface area contributed by atoms with Gasteiger partial charge >= 0.3 is 12.1 Å². The van der Waals surface area contributed by atoms with Crippen molar-refractivity contribution in [1.29, 1.82) is 0 Å². The lowest BCUT2D eigenvalue weighted by molar-refractivity contribution is -0.185. The molecule has 0 radical (unpaired) electrons. The van der Waals surface area contributed by atoms with Crippen molar-refractivity contribution in [2.45, 2.75) is 52.1 Å². The van der Waals surface area contributed by atoms with Crippen LogP contribution in [0.5, 0.6) is 0 Å². The first kappa shape index (κ1) is 17.3. The van der Waals surface area contributed by atoms with Gasteiger partial charge in [0.05, 0.1) is 12.3 Å². The van der Waals surface area contributed by atoms with Gasteiger partial charge in [-0.05, 0) is 43.1 Å². The van der Waals surface area contributed by atoms with Crippen molar-refractivity contribution in [1.82, 2.24) is 0 Å². The van der Waals surface area contributed by atoms with E-state index < -0.39 is 29.4 Å². The Morgan fingerprint density at radius 3 is 2.20 bits per heavy atom. The fourth-order valence-electron chi connectivity index (χ4n) is 4.02. The number of hydrogen-bond donors (Lipinski definition) is 2. The number of rotatable bonds is 6. The largest absolute Gasteiger partial charge is 0.481 e. The minimum atomic E-state index is -4.20. The summed E-state index contributed by atoms with van der Waals surface area (Å²) in [6.45, 7) is 3.64. The SMILES string of the molecule is CCC[C@@](CN)(CC(=O)O)C1CCC(C(F)(F)F)[C@H]1C. The molecule has 3 N–H and O–H groups in total. The van der Waals surface area contributed by atoms with Crippen LogP contribution in [0.15, 0.2) is 0 Å². The van der Waals surface area contributed by atoms with Gasteiger partial charge < -0.3 is 10.8 Å². The Bertz CT molecular complexity index is 346. The monoisotopic (exact) mass is 295 g/mol. The van der Waals surface area contributed by atoms with Gasteiger partial charge in [0.1, 0.15) is 0 Å². The summed E-state index contributed by atoms with van der Waals surface area (Å²) in [5.74, 6) is -3.14. The predicted molar refractivity (Wildman–Crippen MR) is 70.1 cm³/mol. The summed E-state index contributed by atoms with van der Waals surface area (Å²) in [6.07, 6.45) is -2.56. The van der Waals surface area contributed by atoms with Crippen molar-refractivity contribution < 1.29 is 23.1 Å². The predicted octanol–water partition coefficient (Wildman–Crippen LogP) is 3.43. The number of alkyl halides is 3. The Morgan fingerprint density at radius 2 is 1.85 bits per heavy atom. The van der Waals surface area contributed by atoms with E-state index in [-0.39, 0.29) is 25.3 Å². The van der Waals surface area contributed by atoms with Crippen LogP contribution in [0, 0.1) is 23.2 Å². The smallest absolute Gasteiger partial charge is 0.392 e. The molecular formula is C14H24F3NO2. The van der Waals surface area contributed by atoms with Gasteiger partial charge in [0.2, 0.25) is 0 Å². The lowest BCUT2D eigenvalue weighted by Gasteiger charge is -2.40. The third-order valence-electron chi connectivity index (χ3n) is 4.92. The van der Waals surface area contributed by atoms with E-state index in [1.807, 2.05) is 6.92 Å². The van der Waals surface area contributed by atoms with Crippen LogP contribution in [-0.4, -0.2) is 23.8 Å². The standard InChI is InChI=1S/C14H24F3NO2/c1-3-6-13(8-18,7-12(19)20)10-4-5-11(9(10)2)14(15,16)17/h9-11H,3-8,18H2,1-2H3,(H,19,20)/t9-,10?,11?,13-/m0/s1. The molecule has 0 bridgehead atoms. The molecule has 1 aliphatic rings. The van der Waals surface area contributed by atoms with Gasteiger partial charge in [-0.2, -0.15) is 13.2 Å². The molecule has 0 aromatic carbocycles. The van der Waals surface area contributed by atoms with E-state index in [1.165, 1.54) is 0 Å². The van der Waals surface area contributed by atoms with Gasteiger partial charge in [-0.25, -0.2) is 0 Å². The maximum absolute atomic E-state index is 13.0. The third kappa shape index (κ3) is 3.45. The van der Waals surface area contributed by atoms with E-state index in [2.05, 4.69) is 0 Å². The summed E-state index contributed by atoms with van der Waals surface area (Å²) in [7, 11) is 0. The third-order valence-corrected chi connectivity index (χ3v) is 4.92. The summed E-state index contributed by atoms with van der Waals surface area (Å²) in [5, 5.41) is 9.10. The molecule has 0 aliphatic heterocycles. The zero-order valence-electron chi connectivity index (χ0n) is 12.0. The minimum absolute atomic E-state index is 0.0837. The molecule has 20 heavy (non-hydrogen) atoms. The average Bonchev–Trinajstić information content (AvgIpc) is 2.70. The van der Waals surface area contributed by atoms with Crippen LogP contribution in [0.25, 0.3) is 0 Å². The number of carboxylic acids is 1. The van der Waals surface area contributed by atoms with Gasteiger partial charge in [0, 0.05) is 0 Å². The number of carbonyl (C=O) groups is 1. The summed E-state index contributed by atoms with van der Waals surface area (Å²) in [4.78, 5) is 11.1. The normalized spacial score (nSPS) is 30.2. The van der Waals surface area contributed by atoms with Gasteiger partial charge in [-0.1, -0.05) is 20.3 Å². The van der Waals surface area contributed by atoms with Gasteiger partial charge in [0.25, 0.3) is 0 Å². The zero-order chi connectivity index (χ0) is 15.6. The van der Waals surface area contributed by atoms with Crippen LogP contribution in [-0.2, 0) is 4.79 Å². The van der Waals surface area contributed by atoms with Crippen LogP contribution < -0.4 is 5.73 Å². The number of halogens is 3. The molecule has 2 unspecified atom stereocenters. The van der Waals surface area contributed by atoms with Crippen molar-refractivity contribution >= 4 is 5.97 Å². The van der Waals surface area contributed by atoms with Crippen molar-refractivity contribution in [2.24, 2.45) is 28.9 Å². The fraction of sp³-hybridized carbons (Fsp3) is 0.929. The topological polar surface area (TPSA) is 63.3 Å². The summed E-state index contributed by atoms with van der Waals surface area (Å²) in [6, 6.07) is 0. The molecule has 0 aromatic rings. The summed E-state index contributed by atoms with van der Waals surface area (Å²) in [5.41, 5.74) is 5.09. The fourth-order valence-corrected chi connectivity index (χ4v) is 4.02. The average molecular weight is 295 g/mol. The first-order valence-electron chi connectivity index (χ1n) is 7.16. The van der Waals surface area contributed by atoms with Crippen LogP contribution in [0.2, 0.25) is 0 Å². The molecule has 1 fully saturated rings. The van der Waals surface area contributed by atoms with Crippen LogP contribution in [0.3, 0.4) is 0 Å². The maximum atomic E-state index is 13.0. The molecule has 1 aliphatic carbocycles. The van der Waals surface area contributed by atoms with Crippen molar-refractivity contribution in [2.75, 3.05) is 6.54 Å². The van der Waals surface area contributed by atoms with Crippen LogP contribution in [0.1, 0.15) is 46.0 Å². The second-order valence-electron chi connectivity index (χ2n) is 6.08.